The van der Waals surface area contributed by atoms with Crippen molar-refractivity contribution in [3.63, 3.8) is 0 Å². The van der Waals surface area contributed by atoms with Gasteiger partial charge in [0.05, 0.1) is 17.7 Å². The quantitative estimate of drug-likeness (QED) is 0.370. The largest absolute Gasteiger partial charge is 0.495 e. The topological polar surface area (TPSA) is 80.3 Å². The molecule has 34 heavy (non-hydrogen) atoms. The van der Waals surface area contributed by atoms with Gasteiger partial charge in [-0.2, -0.15) is 0 Å². The van der Waals surface area contributed by atoms with Crippen molar-refractivity contribution >= 4 is 39.0 Å². The number of aromatic nitrogens is 1. The van der Waals surface area contributed by atoms with E-state index >= 15 is 0 Å². The summed E-state index contributed by atoms with van der Waals surface area (Å²) in [5.74, 6) is 0.440. The molecule has 6 nitrogen and oxygen atoms in total. The Labute approximate surface area is 210 Å². The van der Waals surface area contributed by atoms with Gasteiger partial charge in [-0.1, -0.05) is 78.0 Å². The summed E-state index contributed by atoms with van der Waals surface area (Å²) in [6.45, 7) is 15.5. The van der Waals surface area contributed by atoms with Crippen molar-refractivity contribution < 1.29 is 13.7 Å². The number of methoxy groups -OCH3 is 1. The van der Waals surface area contributed by atoms with E-state index in [0.29, 0.717) is 15.8 Å². The van der Waals surface area contributed by atoms with E-state index < -0.39 is 16.4 Å². The zero-order chi connectivity index (χ0) is 25.9. The fourth-order valence-electron chi connectivity index (χ4n) is 2.63. The van der Waals surface area contributed by atoms with Gasteiger partial charge in [0.15, 0.2) is 16.1 Å². The van der Waals surface area contributed by atoms with Crippen molar-refractivity contribution in [2.75, 3.05) is 17.1 Å². The molecule has 3 aromatic rings. The molecule has 0 aliphatic heterocycles. The average Bonchev–Trinajstić information content (AvgIpc) is 3.21. The number of carbonyl (C=O) groups is 1. The van der Waals surface area contributed by atoms with Crippen LogP contribution in [0, 0.1) is 12.3 Å². The van der Waals surface area contributed by atoms with Crippen LogP contribution in [0.5, 0.6) is 5.75 Å². The maximum absolute atomic E-state index is 13.0. The molecule has 0 aliphatic rings. The first-order chi connectivity index (χ1) is 16.2. The normalized spacial score (nSPS) is 11.2. The second kappa shape index (κ2) is 13.9. The minimum atomic E-state index is -1.51. The smallest absolute Gasteiger partial charge is 0.231 e. The lowest BCUT2D eigenvalue weighted by Crippen LogP contribution is -2.27. The predicted octanol–water partition coefficient (Wildman–Crippen LogP) is 7.30. The molecule has 0 radical (unpaired) electrons. The minimum Gasteiger partial charge on any atom is -0.495 e. The Morgan fingerprint density at radius 3 is 2.21 bits per heavy atom. The summed E-state index contributed by atoms with van der Waals surface area (Å²) in [7, 11) is 0.0408. The Morgan fingerprint density at radius 1 is 1.03 bits per heavy atom. The molecule has 0 bridgehead atoms. The Balaban J connectivity index is 0.00000137. The lowest BCUT2D eigenvalue weighted by atomic mass is 9.96. The van der Waals surface area contributed by atoms with Gasteiger partial charge in [-0.3, -0.25) is 4.79 Å². The molecular weight excluding hydrogens is 466 g/mol. The molecule has 1 heterocycles. The SMILES string of the molecule is CC.CC.COc1ccc(-c2sc(NC(=O)C(C)(C)C)nc2C)cc1S(=O)Nc1ccccc1. The zero-order valence-corrected chi connectivity index (χ0v) is 23.2. The average molecular weight is 504 g/mol. The van der Waals surface area contributed by atoms with E-state index in [1.165, 1.54) is 11.3 Å². The number of thiazole rings is 1. The van der Waals surface area contributed by atoms with Crippen molar-refractivity contribution in [3.05, 3.63) is 54.2 Å². The van der Waals surface area contributed by atoms with Gasteiger partial charge in [0.1, 0.15) is 10.6 Å². The summed E-state index contributed by atoms with van der Waals surface area (Å²) in [5.41, 5.74) is 1.90. The standard InChI is InChI=1S/C22H25N3O3S2.2C2H6/c1-14-19(29-21(23-14)24-20(26)22(2,3)4)15-11-12-17(28-5)18(13-15)30(27)25-16-9-7-6-8-10-16;2*1-2/h6-13,25H,1-5H3,(H,23,24,26);2*1-2H3. The number of nitrogens with zero attached hydrogens (tertiary/aromatic N) is 1. The molecule has 0 spiro atoms. The summed E-state index contributed by atoms with van der Waals surface area (Å²) >= 11 is 1.39. The predicted molar refractivity (Wildman–Crippen MR) is 146 cm³/mol. The highest BCUT2D eigenvalue weighted by atomic mass is 32.2. The van der Waals surface area contributed by atoms with Crippen molar-refractivity contribution in [1.82, 2.24) is 4.98 Å². The van der Waals surface area contributed by atoms with Gasteiger partial charge >= 0.3 is 0 Å². The molecule has 0 aliphatic carbocycles. The van der Waals surface area contributed by atoms with Crippen LogP contribution in [0.1, 0.15) is 54.2 Å². The summed E-state index contributed by atoms with van der Waals surface area (Å²) in [4.78, 5) is 18.2. The molecule has 0 saturated heterocycles. The van der Waals surface area contributed by atoms with E-state index in [-0.39, 0.29) is 5.91 Å². The van der Waals surface area contributed by atoms with Gasteiger partial charge in [-0.25, -0.2) is 9.19 Å². The highest BCUT2D eigenvalue weighted by molar-refractivity contribution is 7.86. The fraction of sp³-hybridized carbons (Fsp3) is 0.385. The third-order valence-electron chi connectivity index (χ3n) is 4.31. The lowest BCUT2D eigenvalue weighted by Gasteiger charge is -2.15. The third kappa shape index (κ3) is 7.95. The van der Waals surface area contributed by atoms with E-state index in [1.807, 2.05) is 97.9 Å². The number of rotatable bonds is 6. The molecule has 2 N–H and O–H groups in total. The monoisotopic (exact) mass is 503 g/mol. The van der Waals surface area contributed by atoms with Crippen LogP contribution in [0.25, 0.3) is 10.4 Å². The summed E-state index contributed by atoms with van der Waals surface area (Å²) in [6, 6.07) is 14.9. The van der Waals surface area contributed by atoms with Crippen molar-refractivity contribution in [3.8, 4) is 16.2 Å². The molecule has 2 aromatic carbocycles. The first-order valence-electron chi connectivity index (χ1n) is 11.4. The molecular formula is C26H37N3O3S2. The second-order valence-corrected chi connectivity index (χ2v) is 9.92. The molecule has 8 heteroatoms. The van der Waals surface area contributed by atoms with E-state index in [0.717, 1.165) is 21.8 Å². The van der Waals surface area contributed by atoms with E-state index in [1.54, 1.807) is 13.2 Å². The van der Waals surface area contributed by atoms with Crippen LogP contribution in [0.3, 0.4) is 0 Å². The molecule has 0 fully saturated rings. The van der Waals surface area contributed by atoms with Crippen LogP contribution in [0.4, 0.5) is 10.8 Å². The number of nitrogens with one attached hydrogen (secondary N) is 2. The van der Waals surface area contributed by atoms with Gasteiger partial charge in [0.25, 0.3) is 0 Å². The molecule has 3 rings (SSSR count). The fourth-order valence-corrected chi connectivity index (χ4v) is 4.62. The summed E-state index contributed by atoms with van der Waals surface area (Å²) < 4.78 is 21.4. The number of aryl methyl sites for hydroxylation is 1. The zero-order valence-electron chi connectivity index (χ0n) is 21.6. The molecule has 1 unspecified atom stereocenters. The van der Waals surface area contributed by atoms with Gasteiger partial charge < -0.3 is 14.8 Å². The number of benzene rings is 2. The van der Waals surface area contributed by atoms with Gasteiger partial charge in [-0.15, -0.1) is 0 Å². The van der Waals surface area contributed by atoms with Crippen LogP contribution in [-0.4, -0.2) is 22.2 Å². The number of amides is 1. The Hall–Kier alpha value is -2.71. The lowest BCUT2D eigenvalue weighted by molar-refractivity contribution is -0.123. The van der Waals surface area contributed by atoms with E-state index in [9.17, 15) is 9.00 Å². The van der Waals surface area contributed by atoms with Crippen LogP contribution in [0.2, 0.25) is 0 Å². The number of hydrogen-bond acceptors (Lipinski definition) is 5. The van der Waals surface area contributed by atoms with Crippen LogP contribution in [0.15, 0.2) is 53.4 Å². The molecule has 1 amide bonds. The van der Waals surface area contributed by atoms with Gasteiger partial charge in [-0.05, 0) is 42.8 Å². The van der Waals surface area contributed by atoms with Crippen molar-refractivity contribution in [2.45, 2.75) is 60.3 Å². The van der Waals surface area contributed by atoms with Crippen LogP contribution < -0.4 is 14.8 Å². The summed E-state index contributed by atoms with van der Waals surface area (Å²) in [6.07, 6.45) is 0. The highest BCUT2D eigenvalue weighted by Gasteiger charge is 2.23. The van der Waals surface area contributed by atoms with E-state index in [4.69, 9.17) is 4.74 Å². The van der Waals surface area contributed by atoms with Crippen molar-refractivity contribution in [1.29, 1.82) is 0 Å². The number of anilines is 2. The van der Waals surface area contributed by atoms with Crippen LogP contribution in [-0.2, 0) is 15.8 Å². The molecule has 186 valence electrons. The minimum absolute atomic E-state index is 0.0913. The number of para-hydroxylation sites is 1. The Kier molecular flexibility index (Phi) is 12.0. The number of ether oxygens (including phenoxy) is 1. The Morgan fingerprint density at radius 2 is 1.65 bits per heavy atom. The molecule has 1 aromatic heterocycles. The maximum atomic E-state index is 13.0. The van der Waals surface area contributed by atoms with Crippen LogP contribution >= 0.6 is 11.3 Å². The first kappa shape index (κ1) is 29.3. The number of hydrogen-bond donors (Lipinski definition) is 2. The maximum Gasteiger partial charge on any atom is 0.231 e. The van der Waals surface area contributed by atoms with E-state index in [2.05, 4.69) is 15.0 Å². The first-order valence-corrected chi connectivity index (χ1v) is 13.4. The van der Waals surface area contributed by atoms with Crippen molar-refractivity contribution in [2.24, 2.45) is 5.41 Å². The Bertz CT molecular complexity index is 1070. The number of carbonyl (C=O) groups excluding carboxylic acids is 1. The summed E-state index contributed by atoms with van der Waals surface area (Å²) in [5, 5.41) is 3.42. The third-order valence-corrected chi connectivity index (χ3v) is 6.57. The second-order valence-electron chi connectivity index (χ2n) is 7.74. The highest BCUT2D eigenvalue weighted by Crippen LogP contribution is 2.36. The van der Waals surface area contributed by atoms with Gasteiger partial charge in [0, 0.05) is 11.1 Å². The molecule has 0 saturated carbocycles. The van der Waals surface area contributed by atoms with Gasteiger partial charge in [0.2, 0.25) is 5.91 Å². The molecule has 1 atom stereocenters.